The van der Waals surface area contributed by atoms with Gasteiger partial charge in [0, 0.05) is 43.9 Å². The molecule has 2 fully saturated rings. The van der Waals surface area contributed by atoms with E-state index in [2.05, 4.69) is 4.90 Å². The monoisotopic (exact) mass is 338 g/mol. The maximum absolute atomic E-state index is 12.9. The summed E-state index contributed by atoms with van der Waals surface area (Å²) in [5, 5.41) is 9.46. The molecule has 1 aromatic rings. The summed E-state index contributed by atoms with van der Waals surface area (Å²) in [6, 6.07) is 5.79. The van der Waals surface area contributed by atoms with Crippen LogP contribution in [0.3, 0.4) is 0 Å². The van der Waals surface area contributed by atoms with Crippen molar-refractivity contribution in [1.29, 1.82) is 0 Å². The van der Waals surface area contributed by atoms with Gasteiger partial charge in [-0.1, -0.05) is 18.6 Å². The predicted molar refractivity (Wildman–Crippen MR) is 87.1 cm³/mol. The lowest BCUT2D eigenvalue weighted by molar-refractivity contribution is -0.0223. The summed E-state index contributed by atoms with van der Waals surface area (Å²) in [5.74, 6) is 0.241. The van der Waals surface area contributed by atoms with Crippen LogP contribution in [0.1, 0.15) is 41.6 Å². The Hall–Kier alpha value is -1.53. The third kappa shape index (κ3) is 3.59. The number of aliphatic hydroxyl groups excluding tert-OH is 1. The van der Waals surface area contributed by atoms with Gasteiger partial charge in [0.25, 0.3) is 12.3 Å². The number of carbonyl (C=O) groups is 1. The van der Waals surface area contributed by atoms with E-state index >= 15 is 0 Å². The number of β-amino-alcohol motifs (C(OH)–C–C–N with tert-alkyl or cyclic N) is 1. The lowest BCUT2D eigenvalue weighted by Gasteiger charge is -2.45. The lowest BCUT2D eigenvalue weighted by Crippen LogP contribution is -2.58. The van der Waals surface area contributed by atoms with Crippen molar-refractivity contribution in [3.8, 4) is 0 Å². The van der Waals surface area contributed by atoms with Crippen molar-refractivity contribution in [2.24, 2.45) is 5.92 Å². The number of carbonyl (C=O) groups excluding carboxylic acids is 1. The van der Waals surface area contributed by atoms with Gasteiger partial charge in [0.15, 0.2) is 0 Å². The molecule has 1 saturated heterocycles. The molecule has 1 aliphatic heterocycles. The van der Waals surface area contributed by atoms with Crippen LogP contribution in [-0.2, 0) is 0 Å². The van der Waals surface area contributed by atoms with Crippen LogP contribution < -0.4 is 0 Å². The third-order valence-corrected chi connectivity index (χ3v) is 5.28. The molecule has 0 bridgehead atoms. The van der Waals surface area contributed by atoms with Gasteiger partial charge in [-0.05, 0) is 30.9 Å². The number of likely N-dealkylation sites (tertiary alicyclic amines) is 1. The van der Waals surface area contributed by atoms with E-state index in [1.54, 1.807) is 18.0 Å². The predicted octanol–water partition coefficient (Wildman–Crippen LogP) is 2.54. The van der Waals surface area contributed by atoms with Crippen LogP contribution in [0.15, 0.2) is 24.3 Å². The van der Waals surface area contributed by atoms with E-state index in [-0.39, 0.29) is 23.6 Å². The first kappa shape index (κ1) is 17.3. The summed E-state index contributed by atoms with van der Waals surface area (Å²) in [4.78, 5) is 16.6. The first-order valence-electron chi connectivity index (χ1n) is 8.51. The molecule has 24 heavy (non-hydrogen) atoms. The van der Waals surface area contributed by atoms with Crippen LogP contribution in [0.5, 0.6) is 0 Å². The normalized spacial score (nSPS) is 20.5. The van der Waals surface area contributed by atoms with Crippen molar-refractivity contribution < 1.29 is 18.7 Å². The zero-order valence-corrected chi connectivity index (χ0v) is 13.9. The number of aliphatic hydroxyl groups is 1. The van der Waals surface area contributed by atoms with E-state index in [0.29, 0.717) is 24.6 Å². The Morgan fingerprint density at radius 2 is 2.08 bits per heavy atom. The third-order valence-electron chi connectivity index (χ3n) is 5.28. The van der Waals surface area contributed by atoms with Gasteiger partial charge < -0.3 is 10.0 Å². The Morgan fingerprint density at radius 3 is 2.62 bits per heavy atom. The number of halogens is 2. The zero-order chi connectivity index (χ0) is 17.3. The quantitative estimate of drug-likeness (QED) is 0.867. The first-order chi connectivity index (χ1) is 11.5. The van der Waals surface area contributed by atoms with E-state index in [0.717, 1.165) is 19.4 Å². The van der Waals surface area contributed by atoms with E-state index in [9.17, 15) is 18.7 Å². The number of nitrogens with zero attached hydrogens (tertiary/aromatic N) is 2. The highest BCUT2D eigenvalue weighted by atomic mass is 19.3. The first-order valence-corrected chi connectivity index (χ1v) is 8.51. The van der Waals surface area contributed by atoms with E-state index < -0.39 is 6.43 Å². The molecule has 1 unspecified atom stereocenters. The molecule has 6 heteroatoms. The minimum atomic E-state index is -2.58. The molecule has 2 aliphatic rings. The molecule has 4 nitrogen and oxygen atoms in total. The second kappa shape index (κ2) is 7.15. The summed E-state index contributed by atoms with van der Waals surface area (Å²) in [6.07, 6.45) is 0.516. The van der Waals surface area contributed by atoms with Crippen molar-refractivity contribution in [2.75, 3.05) is 26.7 Å². The molecular weight excluding hydrogens is 314 g/mol. The summed E-state index contributed by atoms with van der Waals surface area (Å²) in [7, 11) is 1.76. The highest BCUT2D eigenvalue weighted by molar-refractivity contribution is 5.94. The largest absolute Gasteiger partial charge is 0.390 e. The number of alkyl halides is 2. The molecule has 1 amide bonds. The van der Waals surface area contributed by atoms with E-state index in [4.69, 9.17) is 0 Å². The smallest absolute Gasteiger partial charge is 0.263 e. The minimum Gasteiger partial charge on any atom is -0.390 e. The molecule has 0 spiro atoms. The van der Waals surface area contributed by atoms with E-state index in [1.807, 2.05) is 0 Å². The molecular formula is C18H24F2N2O2. The van der Waals surface area contributed by atoms with Gasteiger partial charge >= 0.3 is 0 Å². The maximum atomic E-state index is 12.9. The molecule has 132 valence electrons. The van der Waals surface area contributed by atoms with Crippen molar-refractivity contribution in [3.05, 3.63) is 35.4 Å². The lowest BCUT2D eigenvalue weighted by atomic mass is 9.78. The van der Waals surface area contributed by atoms with Gasteiger partial charge in [-0.15, -0.1) is 0 Å². The maximum Gasteiger partial charge on any atom is 0.263 e. The van der Waals surface area contributed by atoms with Crippen LogP contribution >= 0.6 is 0 Å². The number of hydrogen-bond acceptors (Lipinski definition) is 3. The standard InChI is InChI=1S/C18H24F2N2O2/c1-21(18(24)14-7-3-6-13(8-14)17(19)20)16(12-4-2-5-12)11-22-9-15(23)10-22/h3,6-8,12,15-17,23H,2,4-5,9-11H2,1H3. The Balaban J connectivity index is 1.72. The molecule has 1 aliphatic carbocycles. The van der Waals surface area contributed by atoms with Gasteiger partial charge in [0.2, 0.25) is 0 Å². The fourth-order valence-electron chi connectivity index (χ4n) is 3.53. The Bertz CT molecular complexity index is 586. The summed E-state index contributed by atoms with van der Waals surface area (Å²) in [5.41, 5.74) is 0.184. The summed E-state index contributed by atoms with van der Waals surface area (Å²) in [6.45, 7) is 2.02. The van der Waals surface area contributed by atoms with Crippen LogP contribution in [-0.4, -0.2) is 59.6 Å². The van der Waals surface area contributed by atoms with Crippen LogP contribution in [0, 0.1) is 5.92 Å². The second-order valence-electron chi connectivity index (χ2n) is 6.97. The molecule has 3 rings (SSSR count). The number of rotatable bonds is 6. The SMILES string of the molecule is CN(C(=O)c1cccc(C(F)F)c1)C(CN1CC(O)C1)C1CCC1. The van der Waals surface area contributed by atoms with Crippen molar-refractivity contribution in [2.45, 2.75) is 37.8 Å². The molecule has 1 atom stereocenters. The van der Waals surface area contributed by atoms with Crippen molar-refractivity contribution in [1.82, 2.24) is 9.80 Å². The Labute approximate surface area is 141 Å². The molecule has 1 heterocycles. The van der Waals surface area contributed by atoms with Gasteiger partial charge in [0.1, 0.15) is 0 Å². The second-order valence-corrected chi connectivity index (χ2v) is 6.97. The molecule has 1 saturated carbocycles. The van der Waals surface area contributed by atoms with Crippen LogP contribution in [0.2, 0.25) is 0 Å². The summed E-state index contributed by atoms with van der Waals surface area (Å²) < 4.78 is 25.7. The van der Waals surface area contributed by atoms with Crippen molar-refractivity contribution in [3.63, 3.8) is 0 Å². The molecule has 1 aromatic carbocycles. The van der Waals surface area contributed by atoms with E-state index in [1.165, 1.54) is 24.6 Å². The average molecular weight is 338 g/mol. The fourth-order valence-corrected chi connectivity index (χ4v) is 3.53. The van der Waals surface area contributed by atoms with Gasteiger partial charge in [-0.25, -0.2) is 8.78 Å². The fraction of sp³-hybridized carbons (Fsp3) is 0.611. The molecule has 0 aromatic heterocycles. The van der Waals surface area contributed by atoms with Crippen LogP contribution in [0.4, 0.5) is 8.78 Å². The van der Waals surface area contributed by atoms with Gasteiger partial charge in [-0.3, -0.25) is 9.69 Å². The number of hydrogen-bond donors (Lipinski definition) is 1. The molecule has 1 N–H and O–H groups in total. The Kier molecular flexibility index (Phi) is 5.15. The molecule has 0 radical (unpaired) electrons. The van der Waals surface area contributed by atoms with Crippen molar-refractivity contribution >= 4 is 5.91 Å². The number of likely N-dealkylation sites (N-methyl/N-ethyl adjacent to an activating group) is 1. The number of benzene rings is 1. The van der Waals surface area contributed by atoms with Gasteiger partial charge in [0.05, 0.1) is 6.10 Å². The minimum absolute atomic E-state index is 0.0638. The Morgan fingerprint density at radius 1 is 1.38 bits per heavy atom. The topological polar surface area (TPSA) is 43.8 Å². The highest BCUT2D eigenvalue weighted by Crippen LogP contribution is 2.33. The highest BCUT2D eigenvalue weighted by Gasteiger charge is 2.36. The summed E-state index contributed by atoms with van der Waals surface area (Å²) >= 11 is 0. The van der Waals surface area contributed by atoms with Gasteiger partial charge in [-0.2, -0.15) is 0 Å². The zero-order valence-electron chi connectivity index (χ0n) is 13.9. The average Bonchev–Trinajstić information content (AvgIpc) is 2.49. The number of amides is 1. The van der Waals surface area contributed by atoms with Crippen LogP contribution in [0.25, 0.3) is 0 Å².